The lowest BCUT2D eigenvalue weighted by Gasteiger charge is -2.16. The largest absolute Gasteiger partial charge is 0.456 e. The van der Waals surface area contributed by atoms with Gasteiger partial charge in [-0.2, -0.15) is 0 Å². The maximum Gasteiger partial charge on any atom is 0.164 e. The fourth-order valence-corrected chi connectivity index (χ4v) is 7.46. The first-order chi connectivity index (χ1) is 26.8. The summed E-state index contributed by atoms with van der Waals surface area (Å²) >= 11 is 0. The number of para-hydroxylation sites is 2. The van der Waals surface area contributed by atoms with Crippen molar-refractivity contribution < 1.29 is 4.42 Å². The first kappa shape index (κ1) is 31.4. The molecule has 0 spiro atoms. The molecule has 0 saturated carbocycles. The molecule has 5 heteroatoms. The zero-order chi connectivity index (χ0) is 35.8. The van der Waals surface area contributed by atoms with E-state index in [0.29, 0.717) is 17.5 Å². The van der Waals surface area contributed by atoms with Crippen LogP contribution in [0.3, 0.4) is 0 Å². The summed E-state index contributed by atoms with van der Waals surface area (Å²) in [7, 11) is 0. The quantitative estimate of drug-likeness (QED) is 0.184. The molecule has 0 saturated heterocycles. The minimum atomic E-state index is 0.629. The molecule has 9 aromatic rings. The maximum atomic E-state index is 6.22. The second-order valence-corrected chi connectivity index (χ2v) is 13.2. The van der Waals surface area contributed by atoms with Gasteiger partial charge in [-0.3, -0.25) is 0 Å². The molecule has 10 rings (SSSR count). The van der Waals surface area contributed by atoms with Crippen molar-refractivity contribution in [2.24, 2.45) is 0 Å². The molecule has 3 aromatic heterocycles. The number of furan rings is 1. The zero-order valence-corrected chi connectivity index (χ0v) is 29.2. The molecule has 0 atom stereocenters. The number of hydrogen-bond acceptors (Lipinski definition) is 4. The number of allylic oxidation sites excluding steroid dienone is 4. The van der Waals surface area contributed by atoms with E-state index >= 15 is 0 Å². The van der Waals surface area contributed by atoms with Gasteiger partial charge < -0.3 is 8.98 Å². The Morgan fingerprint density at radius 2 is 1.07 bits per heavy atom. The standard InChI is InChI=1S/C49H32N4O/c1-4-17-33(18-5-1)47-50-48(34-19-6-2-7-20-34)52-49(51-47)41-31-32-44(36-22-11-10-21-35(36)41)53-42-27-8-3-9-29-45-40(39-24-13-15-30-46(39)54-45)26-16-25-38(42)37-23-12-14-28-43(37)53/h1-32H/b8-3?,9-3-,25-16+,26-16?,27-8-,29-9?,38-25?,40-26+,42-27?,45-29+. The van der Waals surface area contributed by atoms with Gasteiger partial charge in [-0.25, -0.2) is 15.0 Å². The highest BCUT2D eigenvalue weighted by Crippen LogP contribution is 2.38. The van der Waals surface area contributed by atoms with E-state index in [0.717, 1.165) is 76.9 Å². The molecule has 0 amide bonds. The van der Waals surface area contributed by atoms with Gasteiger partial charge in [0, 0.05) is 43.6 Å². The Morgan fingerprint density at radius 3 is 1.83 bits per heavy atom. The van der Waals surface area contributed by atoms with Crippen LogP contribution in [-0.4, -0.2) is 19.5 Å². The summed E-state index contributed by atoms with van der Waals surface area (Å²) in [4.78, 5) is 15.1. The third kappa shape index (κ3) is 5.47. The number of nitrogens with zero attached hydrogens (tertiary/aromatic N) is 4. The number of hydrogen-bond donors (Lipinski definition) is 0. The summed E-state index contributed by atoms with van der Waals surface area (Å²) in [6, 6.07) is 49.9. The Labute approximate surface area is 311 Å². The van der Waals surface area contributed by atoms with Crippen molar-refractivity contribution in [2.75, 3.05) is 0 Å². The average Bonchev–Trinajstić information content (AvgIpc) is 3.74. The summed E-state index contributed by atoms with van der Waals surface area (Å²) in [6.45, 7) is 0. The molecule has 5 nitrogen and oxygen atoms in total. The topological polar surface area (TPSA) is 56.7 Å². The summed E-state index contributed by atoms with van der Waals surface area (Å²) < 4.78 is 8.60. The molecule has 54 heavy (non-hydrogen) atoms. The fraction of sp³-hybridized carbons (Fsp3) is 0. The number of fused-ring (bicyclic) bond motifs is 7. The van der Waals surface area contributed by atoms with Crippen molar-refractivity contribution in [1.82, 2.24) is 19.5 Å². The van der Waals surface area contributed by atoms with Crippen LogP contribution in [0.5, 0.6) is 0 Å². The van der Waals surface area contributed by atoms with E-state index in [1.165, 1.54) is 0 Å². The summed E-state index contributed by atoms with van der Waals surface area (Å²) in [5, 5.41) is 5.47. The van der Waals surface area contributed by atoms with Crippen molar-refractivity contribution in [2.45, 2.75) is 0 Å². The van der Waals surface area contributed by atoms with E-state index < -0.39 is 0 Å². The van der Waals surface area contributed by atoms with Crippen LogP contribution in [0.4, 0.5) is 0 Å². The van der Waals surface area contributed by atoms with Gasteiger partial charge in [0.1, 0.15) is 11.0 Å². The lowest BCUT2D eigenvalue weighted by Crippen LogP contribution is -2.19. The molecule has 6 aromatic carbocycles. The Kier molecular flexibility index (Phi) is 7.73. The van der Waals surface area contributed by atoms with Crippen LogP contribution in [0, 0.1) is 0 Å². The molecule has 0 bridgehead atoms. The van der Waals surface area contributed by atoms with Crippen molar-refractivity contribution in [3.05, 3.63) is 192 Å². The first-order valence-corrected chi connectivity index (χ1v) is 18.0. The molecule has 1 aliphatic carbocycles. The predicted molar refractivity (Wildman–Crippen MR) is 222 cm³/mol. The van der Waals surface area contributed by atoms with E-state index in [4.69, 9.17) is 19.4 Å². The van der Waals surface area contributed by atoms with Crippen molar-refractivity contribution in [3.63, 3.8) is 0 Å². The summed E-state index contributed by atoms with van der Waals surface area (Å²) in [6.07, 6.45) is 16.9. The zero-order valence-electron chi connectivity index (χ0n) is 29.2. The highest BCUT2D eigenvalue weighted by Gasteiger charge is 2.20. The normalized spacial score (nSPS) is 15.6. The van der Waals surface area contributed by atoms with Gasteiger partial charge in [-0.05, 0) is 41.8 Å². The van der Waals surface area contributed by atoms with Gasteiger partial charge in [0.15, 0.2) is 17.5 Å². The van der Waals surface area contributed by atoms with Crippen LogP contribution in [0.1, 0.15) is 11.3 Å². The fourth-order valence-electron chi connectivity index (χ4n) is 7.46. The second kappa shape index (κ2) is 13.3. The summed E-state index contributed by atoms with van der Waals surface area (Å²) in [5.41, 5.74) is 8.94. The Balaban J connectivity index is 1.19. The third-order valence-electron chi connectivity index (χ3n) is 9.95. The molecule has 254 valence electrons. The second-order valence-electron chi connectivity index (χ2n) is 13.2. The molecule has 3 heterocycles. The SMILES string of the molecule is C1=C\C=c2\oc3ccccc3\c2=C/C=C/c2c(n(-c3ccc(-c4nc(-c5ccccc5)nc(-c5ccccc5)n4)c4ccccc34)c3ccccc23)\C=C/1. The van der Waals surface area contributed by atoms with Crippen molar-refractivity contribution >= 4 is 56.9 Å². The lowest BCUT2D eigenvalue weighted by atomic mass is 10.0. The Bertz CT molecular complexity index is 3040. The van der Waals surface area contributed by atoms with Gasteiger partial charge in [0.25, 0.3) is 0 Å². The summed E-state index contributed by atoms with van der Waals surface area (Å²) in [5.74, 6) is 1.90. The minimum absolute atomic E-state index is 0.629. The van der Waals surface area contributed by atoms with Crippen LogP contribution in [-0.2, 0) is 0 Å². The van der Waals surface area contributed by atoms with E-state index in [-0.39, 0.29) is 0 Å². The molecule has 0 radical (unpaired) electrons. The van der Waals surface area contributed by atoms with Crippen LogP contribution >= 0.6 is 0 Å². The Morgan fingerprint density at radius 1 is 0.444 bits per heavy atom. The maximum absolute atomic E-state index is 6.22. The van der Waals surface area contributed by atoms with Gasteiger partial charge in [0.2, 0.25) is 0 Å². The van der Waals surface area contributed by atoms with Gasteiger partial charge in [0.05, 0.1) is 16.9 Å². The van der Waals surface area contributed by atoms with Crippen LogP contribution in [0.25, 0.3) is 96.8 Å². The average molecular weight is 693 g/mol. The number of aromatic nitrogens is 4. The molecule has 0 aliphatic heterocycles. The first-order valence-electron chi connectivity index (χ1n) is 18.0. The van der Waals surface area contributed by atoms with E-state index in [1.54, 1.807) is 0 Å². The molecule has 1 aliphatic rings. The van der Waals surface area contributed by atoms with Gasteiger partial charge in [-0.1, -0.05) is 158 Å². The van der Waals surface area contributed by atoms with E-state index in [1.807, 2.05) is 84.9 Å². The number of rotatable bonds is 4. The molecular weight excluding hydrogens is 661 g/mol. The predicted octanol–water partition coefficient (Wildman–Crippen LogP) is 10.6. The number of benzene rings is 6. The highest BCUT2D eigenvalue weighted by molar-refractivity contribution is 6.03. The van der Waals surface area contributed by atoms with E-state index in [2.05, 4.69) is 114 Å². The van der Waals surface area contributed by atoms with Crippen LogP contribution < -0.4 is 10.6 Å². The molecule has 0 fully saturated rings. The highest BCUT2D eigenvalue weighted by atomic mass is 16.3. The monoisotopic (exact) mass is 692 g/mol. The lowest BCUT2D eigenvalue weighted by molar-refractivity contribution is 0.576. The van der Waals surface area contributed by atoms with Crippen molar-refractivity contribution in [1.29, 1.82) is 0 Å². The molecule has 0 N–H and O–H groups in total. The molecular formula is C49H32N4O. The van der Waals surface area contributed by atoms with E-state index in [9.17, 15) is 0 Å². The van der Waals surface area contributed by atoms with Gasteiger partial charge >= 0.3 is 0 Å². The Hall–Kier alpha value is -7.37. The van der Waals surface area contributed by atoms with Crippen LogP contribution in [0.2, 0.25) is 0 Å². The smallest absolute Gasteiger partial charge is 0.164 e. The third-order valence-corrected chi connectivity index (χ3v) is 9.95. The molecule has 0 unspecified atom stereocenters. The van der Waals surface area contributed by atoms with Gasteiger partial charge in [-0.15, -0.1) is 0 Å². The van der Waals surface area contributed by atoms with Crippen LogP contribution in [0.15, 0.2) is 174 Å². The van der Waals surface area contributed by atoms with Crippen molar-refractivity contribution in [3.8, 4) is 39.9 Å². The minimum Gasteiger partial charge on any atom is -0.456 e.